The van der Waals surface area contributed by atoms with Crippen LogP contribution in [0, 0.1) is 5.92 Å². The number of ether oxygens (including phenoxy) is 1. The second kappa shape index (κ2) is 9.13. The van der Waals surface area contributed by atoms with E-state index in [1.54, 1.807) is 7.11 Å². The van der Waals surface area contributed by atoms with Crippen LogP contribution < -0.4 is 4.90 Å². The van der Waals surface area contributed by atoms with Gasteiger partial charge in [0.2, 0.25) is 5.95 Å². The van der Waals surface area contributed by atoms with Crippen LogP contribution in [0.25, 0.3) is 0 Å². The Morgan fingerprint density at radius 3 is 2.54 bits per heavy atom. The summed E-state index contributed by atoms with van der Waals surface area (Å²) in [5.74, 6) is -1.11. The van der Waals surface area contributed by atoms with Gasteiger partial charge in [-0.05, 0) is 31.4 Å². The molecule has 26 heavy (non-hydrogen) atoms. The van der Waals surface area contributed by atoms with E-state index < -0.39 is 12.1 Å². The predicted octanol–water partition coefficient (Wildman–Crippen LogP) is 1.66. The standard InChI is InChI=1S/C14H22N4O.C2HF3O2/c1-19-10-9-17-7-3-12-11-18(8-4-13(12)17)14-15-5-2-6-16-14;3-2(4,5)1(6)7/h2,5-6,12-13H,3-4,7-11H2,1H3;(H,6,7)/t12-,13+;/m0./s1. The summed E-state index contributed by atoms with van der Waals surface area (Å²) >= 11 is 0. The Morgan fingerprint density at radius 2 is 1.96 bits per heavy atom. The van der Waals surface area contributed by atoms with Gasteiger partial charge in [0.05, 0.1) is 6.61 Å². The lowest BCUT2D eigenvalue weighted by Crippen LogP contribution is -2.47. The lowest BCUT2D eigenvalue weighted by molar-refractivity contribution is -0.192. The molecule has 0 aliphatic carbocycles. The molecular formula is C16H23F3N4O3. The van der Waals surface area contributed by atoms with Gasteiger partial charge >= 0.3 is 12.1 Å². The molecule has 0 bridgehead atoms. The van der Waals surface area contributed by atoms with E-state index in [0.29, 0.717) is 0 Å². The zero-order valence-electron chi connectivity index (χ0n) is 14.5. The van der Waals surface area contributed by atoms with Gasteiger partial charge in [0.25, 0.3) is 0 Å². The number of anilines is 1. The fourth-order valence-corrected chi connectivity index (χ4v) is 3.40. The number of hydrogen-bond acceptors (Lipinski definition) is 6. The molecule has 7 nitrogen and oxygen atoms in total. The first-order valence-electron chi connectivity index (χ1n) is 8.38. The van der Waals surface area contributed by atoms with E-state index in [1.165, 1.54) is 19.4 Å². The quantitative estimate of drug-likeness (QED) is 0.856. The summed E-state index contributed by atoms with van der Waals surface area (Å²) in [7, 11) is 1.78. The van der Waals surface area contributed by atoms with Crippen molar-refractivity contribution in [1.29, 1.82) is 0 Å². The number of nitrogens with zero attached hydrogens (tertiary/aromatic N) is 4. The summed E-state index contributed by atoms with van der Waals surface area (Å²) in [6.45, 7) is 5.28. The molecule has 0 aromatic carbocycles. The van der Waals surface area contributed by atoms with E-state index in [0.717, 1.165) is 44.1 Å². The Labute approximate surface area is 149 Å². The number of aromatic nitrogens is 2. The second-order valence-electron chi connectivity index (χ2n) is 6.23. The number of halogens is 3. The fourth-order valence-electron chi connectivity index (χ4n) is 3.40. The van der Waals surface area contributed by atoms with Crippen molar-refractivity contribution in [2.24, 2.45) is 5.92 Å². The van der Waals surface area contributed by atoms with Crippen LogP contribution in [-0.2, 0) is 9.53 Å². The van der Waals surface area contributed by atoms with Gasteiger partial charge in [-0.2, -0.15) is 13.2 Å². The molecule has 10 heteroatoms. The molecule has 2 saturated heterocycles. The average Bonchev–Trinajstić information content (AvgIpc) is 3.02. The summed E-state index contributed by atoms with van der Waals surface area (Å²) in [6, 6.07) is 2.60. The van der Waals surface area contributed by atoms with E-state index in [1.807, 2.05) is 18.5 Å². The minimum Gasteiger partial charge on any atom is -0.475 e. The van der Waals surface area contributed by atoms with Crippen molar-refractivity contribution in [2.45, 2.75) is 25.1 Å². The van der Waals surface area contributed by atoms with E-state index in [2.05, 4.69) is 19.8 Å². The largest absolute Gasteiger partial charge is 0.490 e. The number of methoxy groups -OCH3 is 1. The molecule has 146 valence electrons. The predicted molar refractivity (Wildman–Crippen MR) is 87.9 cm³/mol. The first-order chi connectivity index (χ1) is 12.3. The molecule has 0 unspecified atom stereocenters. The highest BCUT2D eigenvalue weighted by atomic mass is 19.4. The molecule has 0 saturated carbocycles. The lowest BCUT2D eigenvalue weighted by atomic mass is 9.93. The van der Waals surface area contributed by atoms with Gasteiger partial charge in [-0.15, -0.1) is 0 Å². The molecule has 3 heterocycles. The van der Waals surface area contributed by atoms with Crippen LogP contribution >= 0.6 is 0 Å². The average molecular weight is 376 g/mol. The van der Waals surface area contributed by atoms with Gasteiger partial charge in [0, 0.05) is 45.2 Å². The molecule has 2 aliphatic rings. The van der Waals surface area contributed by atoms with Crippen LogP contribution in [0.4, 0.5) is 19.1 Å². The number of rotatable bonds is 4. The topological polar surface area (TPSA) is 78.8 Å². The molecule has 3 rings (SSSR count). The van der Waals surface area contributed by atoms with E-state index >= 15 is 0 Å². The molecule has 1 aromatic rings. The summed E-state index contributed by atoms with van der Waals surface area (Å²) < 4.78 is 36.9. The van der Waals surface area contributed by atoms with Crippen molar-refractivity contribution in [3.8, 4) is 0 Å². The number of carbonyl (C=O) groups is 1. The van der Waals surface area contributed by atoms with E-state index in [4.69, 9.17) is 14.6 Å². The molecule has 0 spiro atoms. The van der Waals surface area contributed by atoms with Gasteiger partial charge in [0.1, 0.15) is 0 Å². The maximum absolute atomic E-state index is 10.6. The Bertz CT molecular complexity index is 574. The minimum absolute atomic E-state index is 0.732. The summed E-state index contributed by atoms with van der Waals surface area (Å²) in [5, 5.41) is 7.12. The van der Waals surface area contributed by atoms with Crippen LogP contribution in [0.1, 0.15) is 12.8 Å². The highest BCUT2D eigenvalue weighted by Gasteiger charge is 2.39. The number of carboxylic acid groups (broad SMARTS) is 1. The van der Waals surface area contributed by atoms with Crippen molar-refractivity contribution in [3.05, 3.63) is 18.5 Å². The summed E-state index contributed by atoms with van der Waals surface area (Å²) in [5.41, 5.74) is 0. The van der Waals surface area contributed by atoms with Crippen LogP contribution in [-0.4, -0.2) is 78.1 Å². The Kier molecular flexibility index (Phi) is 7.15. The summed E-state index contributed by atoms with van der Waals surface area (Å²) in [4.78, 5) is 22.6. The molecule has 1 aromatic heterocycles. The molecular weight excluding hydrogens is 353 g/mol. The van der Waals surface area contributed by atoms with Gasteiger partial charge in [-0.3, -0.25) is 4.90 Å². The van der Waals surface area contributed by atoms with Crippen molar-refractivity contribution < 1.29 is 27.8 Å². The number of carboxylic acids is 1. The normalized spacial score (nSPS) is 23.2. The molecule has 2 fully saturated rings. The Morgan fingerprint density at radius 1 is 1.31 bits per heavy atom. The van der Waals surface area contributed by atoms with E-state index in [9.17, 15) is 13.2 Å². The number of hydrogen-bond donors (Lipinski definition) is 1. The van der Waals surface area contributed by atoms with Crippen molar-refractivity contribution in [2.75, 3.05) is 44.8 Å². The molecule has 1 N–H and O–H groups in total. The third-order valence-corrected chi connectivity index (χ3v) is 4.61. The zero-order valence-corrected chi connectivity index (χ0v) is 14.5. The molecule has 2 aliphatic heterocycles. The van der Waals surface area contributed by atoms with Gasteiger partial charge in [-0.1, -0.05) is 0 Å². The second-order valence-corrected chi connectivity index (χ2v) is 6.23. The third-order valence-electron chi connectivity index (χ3n) is 4.61. The minimum atomic E-state index is -5.08. The van der Waals surface area contributed by atoms with Crippen LogP contribution in [0.3, 0.4) is 0 Å². The monoisotopic (exact) mass is 376 g/mol. The fraction of sp³-hybridized carbons (Fsp3) is 0.688. The first kappa shape index (κ1) is 20.4. The van der Waals surface area contributed by atoms with Crippen LogP contribution in [0.5, 0.6) is 0 Å². The summed E-state index contributed by atoms with van der Waals surface area (Å²) in [6.07, 6.45) is 1.08. The molecule has 2 atom stereocenters. The number of fused-ring (bicyclic) bond motifs is 1. The number of alkyl halides is 3. The molecule has 0 amide bonds. The van der Waals surface area contributed by atoms with Crippen molar-refractivity contribution in [1.82, 2.24) is 14.9 Å². The van der Waals surface area contributed by atoms with Crippen LogP contribution in [0.2, 0.25) is 0 Å². The Hall–Kier alpha value is -1.94. The number of aliphatic carboxylic acids is 1. The van der Waals surface area contributed by atoms with E-state index in [-0.39, 0.29) is 0 Å². The molecule has 0 radical (unpaired) electrons. The van der Waals surface area contributed by atoms with Gasteiger partial charge < -0.3 is 14.7 Å². The third kappa shape index (κ3) is 5.53. The highest BCUT2D eigenvalue weighted by Crippen LogP contribution is 2.32. The number of piperidine rings is 1. The highest BCUT2D eigenvalue weighted by molar-refractivity contribution is 5.73. The maximum atomic E-state index is 10.6. The van der Waals surface area contributed by atoms with Crippen LogP contribution in [0.15, 0.2) is 18.5 Å². The zero-order chi connectivity index (χ0) is 19.2. The van der Waals surface area contributed by atoms with Crippen molar-refractivity contribution >= 4 is 11.9 Å². The Balaban J connectivity index is 0.000000298. The lowest BCUT2D eigenvalue weighted by Gasteiger charge is -2.37. The smallest absolute Gasteiger partial charge is 0.475 e. The van der Waals surface area contributed by atoms with Gasteiger partial charge in [-0.25, -0.2) is 14.8 Å². The van der Waals surface area contributed by atoms with Crippen molar-refractivity contribution in [3.63, 3.8) is 0 Å². The maximum Gasteiger partial charge on any atom is 0.490 e. The van der Waals surface area contributed by atoms with Gasteiger partial charge in [0.15, 0.2) is 0 Å². The number of likely N-dealkylation sites (tertiary alicyclic amines) is 1. The first-order valence-corrected chi connectivity index (χ1v) is 8.38. The SMILES string of the molecule is COCCN1CC[C@H]2CN(c3ncccn3)CC[C@H]21.O=C(O)C(F)(F)F.